The number of nitrogens with two attached hydrogens (primary N) is 1. The lowest BCUT2D eigenvalue weighted by molar-refractivity contribution is -0.124. The number of aliphatic hydroxyl groups is 1. The third-order valence-corrected chi connectivity index (χ3v) is 3.73. The zero-order valence-electron chi connectivity index (χ0n) is 9.52. The van der Waals surface area contributed by atoms with Crippen LogP contribution in [-0.2, 0) is 11.2 Å². The van der Waals surface area contributed by atoms with Crippen LogP contribution in [-0.4, -0.2) is 22.7 Å². The first-order chi connectivity index (χ1) is 8.10. The van der Waals surface area contributed by atoms with Crippen LogP contribution in [0.2, 0.25) is 0 Å². The van der Waals surface area contributed by atoms with Gasteiger partial charge in [0.05, 0.1) is 17.7 Å². The Morgan fingerprint density at radius 1 is 1.41 bits per heavy atom. The van der Waals surface area contributed by atoms with Crippen molar-refractivity contribution >= 4 is 5.91 Å². The van der Waals surface area contributed by atoms with Gasteiger partial charge in [0.15, 0.2) is 0 Å². The Labute approximate surface area is 99.8 Å². The Balaban J connectivity index is 1.81. The summed E-state index contributed by atoms with van der Waals surface area (Å²) < 4.78 is 0. The lowest BCUT2D eigenvalue weighted by atomic mass is 10.1. The predicted octanol–water partition coefficient (Wildman–Crippen LogP) is 0.252. The summed E-state index contributed by atoms with van der Waals surface area (Å²) in [5.74, 6) is -0.141. The molecule has 2 aliphatic rings. The summed E-state index contributed by atoms with van der Waals surface area (Å²) in [6.45, 7) is 0. The monoisotopic (exact) mass is 232 g/mol. The van der Waals surface area contributed by atoms with Crippen molar-refractivity contribution in [2.45, 2.75) is 36.9 Å². The maximum absolute atomic E-state index is 11.9. The van der Waals surface area contributed by atoms with Crippen molar-refractivity contribution in [3.63, 3.8) is 0 Å². The Hall–Kier alpha value is -1.39. The Morgan fingerprint density at radius 2 is 2.12 bits per heavy atom. The van der Waals surface area contributed by atoms with Gasteiger partial charge in [0.1, 0.15) is 0 Å². The molecule has 2 atom stereocenters. The van der Waals surface area contributed by atoms with Crippen LogP contribution in [0.25, 0.3) is 0 Å². The fourth-order valence-corrected chi connectivity index (χ4v) is 2.39. The van der Waals surface area contributed by atoms with Gasteiger partial charge < -0.3 is 16.2 Å². The van der Waals surface area contributed by atoms with Crippen LogP contribution in [0.5, 0.6) is 0 Å². The molecule has 0 aliphatic heterocycles. The van der Waals surface area contributed by atoms with Crippen LogP contribution >= 0.6 is 0 Å². The number of fused-ring (bicyclic) bond motifs is 1. The van der Waals surface area contributed by atoms with Gasteiger partial charge in [0.25, 0.3) is 0 Å². The molecule has 1 amide bonds. The topological polar surface area (TPSA) is 75.4 Å². The fourth-order valence-electron chi connectivity index (χ4n) is 2.39. The highest BCUT2D eigenvalue weighted by Crippen LogP contribution is 2.35. The molecule has 90 valence electrons. The smallest absolute Gasteiger partial charge is 0.240 e. The summed E-state index contributed by atoms with van der Waals surface area (Å²) >= 11 is 0. The molecular formula is C13H16N2O2. The third kappa shape index (κ3) is 1.73. The van der Waals surface area contributed by atoms with E-state index >= 15 is 0 Å². The molecule has 3 rings (SSSR count). The Bertz CT molecular complexity index is 468. The normalized spacial score (nSPS) is 28.6. The molecule has 0 heterocycles. The highest BCUT2D eigenvalue weighted by Gasteiger charge is 2.47. The van der Waals surface area contributed by atoms with Gasteiger partial charge in [-0.05, 0) is 24.0 Å². The number of nitrogens with one attached hydrogen (secondary N) is 1. The van der Waals surface area contributed by atoms with Crippen molar-refractivity contribution in [1.82, 2.24) is 5.32 Å². The minimum atomic E-state index is -0.683. The van der Waals surface area contributed by atoms with Crippen LogP contribution in [0, 0.1) is 0 Å². The van der Waals surface area contributed by atoms with E-state index in [-0.39, 0.29) is 11.9 Å². The zero-order chi connectivity index (χ0) is 12.0. The number of benzene rings is 1. The lowest BCUT2D eigenvalue weighted by Gasteiger charge is -2.20. The standard InChI is InChI=1S/C13H16N2O2/c14-13(5-6-13)12(17)15-11-9-4-2-1-3-8(9)7-10(11)16/h1-4,10-11,16H,5-7,14H2,(H,15,17)/t10-,11+/m1/s1. The average molecular weight is 232 g/mol. The summed E-state index contributed by atoms with van der Waals surface area (Å²) in [5.41, 5.74) is 7.27. The minimum Gasteiger partial charge on any atom is -0.390 e. The van der Waals surface area contributed by atoms with Gasteiger partial charge in [0, 0.05) is 6.42 Å². The maximum atomic E-state index is 11.9. The van der Waals surface area contributed by atoms with Crippen molar-refractivity contribution < 1.29 is 9.90 Å². The van der Waals surface area contributed by atoms with E-state index in [1.807, 2.05) is 24.3 Å². The molecule has 0 saturated heterocycles. The van der Waals surface area contributed by atoms with Gasteiger partial charge in [-0.3, -0.25) is 4.79 Å². The van der Waals surface area contributed by atoms with E-state index in [1.165, 1.54) is 0 Å². The van der Waals surface area contributed by atoms with Crippen LogP contribution in [0.3, 0.4) is 0 Å². The molecule has 1 aromatic carbocycles. The van der Waals surface area contributed by atoms with Gasteiger partial charge in [-0.2, -0.15) is 0 Å². The van der Waals surface area contributed by atoms with Crippen molar-refractivity contribution in [3.8, 4) is 0 Å². The molecule has 0 aromatic heterocycles. The van der Waals surface area contributed by atoms with Crippen LogP contribution in [0.1, 0.15) is 30.0 Å². The van der Waals surface area contributed by atoms with Crippen molar-refractivity contribution in [2.24, 2.45) is 5.73 Å². The minimum absolute atomic E-state index is 0.141. The summed E-state index contributed by atoms with van der Waals surface area (Å²) in [7, 11) is 0. The first-order valence-corrected chi connectivity index (χ1v) is 5.96. The first-order valence-electron chi connectivity index (χ1n) is 5.96. The second-order valence-corrected chi connectivity index (χ2v) is 5.08. The molecular weight excluding hydrogens is 216 g/mol. The maximum Gasteiger partial charge on any atom is 0.240 e. The van der Waals surface area contributed by atoms with E-state index in [9.17, 15) is 9.90 Å². The summed E-state index contributed by atoms with van der Waals surface area (Å²) in [6.07, 6.45) is 1.53. The number of hydrogen-bond donors (Lipinski definition) is 3. The number of carbonyl (C=O) groups is 1. The molecule has 4 nitrogen and oxygen atoms in total. The number of rotatable bonds is 2. The second-order valence-electron chi connectivity index (χ2n) is 5.08. The number of aliphatic hydroxyl groups excluding tert-OH is 1. The van der Waals surface area contributed by atoms with E-state index < -0.39 is 11.6 Å². The molecule has 0 spiro atoms. The van der Waals surface area contributed by atoms with E-state index in [0.717, 1.165) is 24.0 Å². The Morgan fingerprint density at radius 3 is 2.82 bits per heavy atom. The fraction of sp³-hybridized carbons (Fsp3) is 0.462. The highest BCUT2D eigenvalue weighted by molar-refractivity contribution is 5.89. The van der Waals surface area contributed by atoms with E-state index in [0.29, 0.717) is 6.42 Å². The van der Waals surface area contributed by atoms with Crippen LogP contribution in [0.4, 0.5) is 0 Å². The molecule has 4 N–H and O–H groups in total. The zero-order valence-corrected chi connectivity index (χ0v) is 9.52. The van der Waals surface area contributed by atoms with E-state index in [1.54, 1.807) is 0 Å². The molecule has 1 aromatic rings. The second kappa shape index (κ2) is 3.55. The Kier molecular flexibility index (Phi) is 2.24. The van der Waals surface area contributed by atoms with Gasteiger partial charge in [-0.1, -0.05) is 24.3 Å². The van der Waals surface area contributed by atoms with Crippen LogP contribution < -0.4 is 11.1 Å². The van der Waals surface area contributed by atoms with Crippen molar-refractivity contribution in [2.75, 3.05) is 0 Å². The molecule has 1 fully saturated rings. The lowest BCUT2D eigenvalue weighted by Crippen LogP contribution is -2.46. The van der Waals surface area contributed by atoms with Gasteiger partial charge in [-0.15, -0.1) is 0 Å². The van der Waals surface area contributed by atoms with Crippen molar-refractivity contribution in [3.05, 3.63) is 35.4 Å². The molecule has 4 heteroatoms. The predicted molar refractivity (Wildman–Crippen MR) is 63.2 cm³/mol. The summed E-state index contributed by atoms with van der Waals surface area (Å²) in [6, 6.07) is 7.50. The van der Waals surface area contributed by atoms with Crippen LogP contribution in [0.15, 0.2) is 24.3 Å². The molecule has 0 radical (unpaired) electrons. The quantitative estimate of drug-likeness (QED) is 0.684. The van der Waals surface area contributed by atoms with E-state index in [4.69, 9.17) is 5.73 Å². The van der Waals surface area contributed by atoms with Gasteiger partial charge >= 0.3 is 0 Å². The van der Waals surface area contributed by atoms with Crippen molar-refractivity contribution in [1.29, 1.82) is 0 Å². The largest absolute Gasteiger partial charge is 0.390 e. The van der Waals surface area contributed by atoms with Gasteiger partial charge in [0.2, 0.25) is 5.91 Å². The summed E-state index contributed by atoms with van der Waals surface area (Å²) in [5, 5.41) is 12.9. The first kappa shape index (κ1) is 10.7. The molecule has 17 heavy (non-hydrogen) atoms. The molecule has 2 aliphatic carbocycles. The molecule has 1 saturated carbocycles. The number of carbonyl (C=O) groups excluding carboxylic acids is 1. The molecule has 0 unspecified atom stereocenters. The SMILES string of the molecule is NC1(C(=O)N[C@H]2c3ccccc3C[C@H]2O)CC1. The molecule has 0 bridgehead atoms. The van der Waals surface area contributed by atoms with Gasteiger partial charge in [-0.25, -0.2) is 0 Å². The average Bonchev–Trinajstić information content (AvgIpc) is 2.98. The number of amides is 1. The summed E-state index contributed by atoms with van der Waals surface area (Å²) in [4.78, 5) is 11.9. The van der Waals surface area contributed by atoms with E-state index in [2.05, 4.69) is 5.32 Å². The highest BCUT2D eigenvalue weighted by atomic mass is 16.3. The number of hydrogen-bond acceptors (Lipinski definition) is 3. The third-order valence-electron chi connectivity index (χ3n) is 3.73.